The Morgan fingerprint density at radius 2 is 2.03 bits per heavy atom. The molecule has 0 aliphatic heterocycles. The molecule has 1 unspecified atom stereocenters. The number of anilines is 1. The minimum Gasteiger partial charge on any atom is -0.484 e. The number of aromatic nitrogens is 3. The largest absolute Gasteiger partial charge is 0.484 e. The average Bonchev–Trinajstić information content (AvgIpc) is 3.30. The Morgan fingerprint density at radius 3 is 2.71 bits per heavy atom. The summed E-state index contributed by atoms with van der Waals surface area (Å²) in [4.78, 5) is 28.8. The molecule has 3 rings (SSSR count). The third-order valence-electron chi connectivity index (χ3n) is 4.26. The number of para-hydroxylation sites is 1. The van der Waals surface area contributed by atoms with Crippen LogP contribution >= 0.6 is 11.8 Å². The molecular weight excluding hydrogens is 421 g/mol. The zero-order chi connectivity index (χ0) is 22.1. The summed E-state index contributed by atoms with van der Waals surface area (Å²) < 4.78 is 21.1. The summed E-state index contributed by atoms with van der Waals surface area (Å²) in [5.74, 6) is -0.194. The number of nitrogens with zero attached hydrogens (tertiary/aromatic N) is 3. The number of halogens is 1. The Balaban J connectivity index is 1.61. The van der Waals surface area contributed by atoms with E-state index in [0.29, 0.717) is 17.9 Å². The normalized spacial score (nSPS) is 11.5. The fourth-order valence-corrected chi connectivity index (χ4v) is 3.21. The summed E-state index contributed by atoms with van der Waals surface area (Å²) in [7, 11) is 0. The van der Waals surface area contributed by atoms with Crippen molar-refractivity contribution < 1.29 is 18.7 Å². The fourth-order valence-electron chi connectivity index (χ4n) is 2.74. The number of thioether (sulfide) groups is 1. The van der Waals surface area contributed by atoms with E-state index >= 15 is 0 Å². The molecule has 0 radical (unpaired) electrons. The lowest BCUT2D eigenvalue weighted by Crippen LogP contribution is -2.45. The van der Waals surface area contributed by atoms with Gasteiger partial charge in [-0.3, -0.25) is 9.59 Å². The number of rotatable bonds is 10. The van der Waals surface area contributed by atoms with Crippen LogP contribution in [0.25, 0.3) is 5.69 Å². The van der Waals surface area contributed by atoms with Crippen LogP contribution in [0, 0.1) is 5.82 Å². The number of benzene rings is 2. The highest BCUT2D eigenvalue weighted by atomic mass is 32.2. The first kappa shape index (κ1) is 22.3. The van der Waals surface area contributed by atoms with E-state index in [1.165, 1.54) is 29.5 Å². The van der Waals surface area contributed by atoms with Gasteiger partial charge < -0.3 is 15.4 Å². The van der Waals surface area contributed by atoms with Crippen molar-refractivity contribution in [3.05, 3.63) is 67.0 Å². The zero-order valence-electron chi connectivity index (χ0n) is 16.8. The number of hydrogen-bond acceptors (Lipinski definition) is 6. The van der Waals surface area contributed by atoms with Crippen molar-refractivity contribution in [3.63, 3.8) is 0 Å². The Morgan fingerprint density at radius 1 is 1.23 bits per heavy atom. The highest BCUT2D eigenvalue weighted by Gasteiger charge is 2.21. The number of nitrogens with one attached hydrogen (secondary N) is 2. The minimum absolute atomic E-state index is 0.209. The van der Waals surface area contributed by atoms with E-state index in [0.717, 1.165) is 0 Å². The molecule has 2 N–H and O–H groups in total. The van der Waals surface area contributed by atoms with Crippen LogP contribution in [0.4, 0.5) is 10.1 Å². The van der Waals surface area contributed by atoms with Gasteiger partial charge in [0.05, 0.1) is 0 Å². The SMILES string of the molecule is CSCCC(NC(=O)COc1ccccc1)C(=O)Nc1ccc(-n2cncn2)c(F)c1. The predicted octanol–water partition coefficient (Wildman–Crippen LogP) is 2.66. The van der Waals surface area contributed by atoms with Gasteiger partial charge in [-0.15, -0.1) is 0 Å². The lowest BCUT2D eigenvalue weighted by Gasteiger charge is -2.18. The minimum atomic E-state index is -0.780. The van der Waals surface area contributed by atoms with Gasteiger partial charge in [0.15, 0.2) is 12.4 Å². The quantitative estimate of drug-likeness (QED) is 0.500. The van der Waals surface area contributed by atoms with Gasteiger partial charge in [0.2, 0.25) is 5.91 Å². The maximum absolute atomic E-state index is 14.4. The van der Waals surface area contributed by atoms with Gasteiger partial charge in [0, 0.05) is 5.69 Å². The van der Waals surface area contributed by atoms with Crippen molar-refractivity contribution >= 4 is 29.3 Å². The molecule has 0 fully saturated rings. The van der Waals surface area contributed by atoms with E-state index in [-0.39, 0.29) is 18.0 Å². The summed E-state index contributed by atoms with van der Waals surface area (Å²) in [6, 6.07) is 12.4. The first-order chi connectivity index (χ1) is 15.1. The summed E-state index contributed by atoms with van der Waals surface area (Å²) in [5, 5.41) is 9.23. The van der Waals surface area contributed by atoms with Gasteiger partial charge in [-0.05, 0) is 48.8 Å². The molecule has 162 valence electrons. The standard InChI is InChI=1S/C21H22FN5O3S/c1-31-10-9-18(26-20(28)12-30-16-5-3-2-4-6-16)21(29)25-15-7-8-19(17(22)11-15)27-14-23-13-24-27/h2-8,11,13-14,18H,9-10,12H2,1H3,(H,25,29)(H,26,28). The average molecular weight is 444 g/mol. The fraction of sp³-hybridized carbons (Fsp3) is 0.238. The van der Waals surface area contributed by atoms with Gasteiger partial charge in [-0.25, -0.2) is 14.1 Å². The van der Waals surface area contributed by atoms with Crippen molar-refractivity contribution in [2.75, 3.05) is 23.9 Å². The molecule has 1 aromatic heterocycles. The smallest absolute Gasteiger partial charge is 0.258 e. The number of hydrogen-bond donors (Lipinski definition) is 2. The monoisotopic (exact) mass is 443 g/mol. The third-order valence-corrected chi connectivity index (χ3v) is 4.90. The topological polar surface area (TPSA) is 98.1 Å². The Labute approximate surface area is 183 Å². The molecule has 3 aromatic rings. The van der Waals surface area contributed by atoms with Crippen molar-refractivity contribution in [2.24, 2.45) is 0 Å². The summed E-state index contributed by atoms with van der Waals surface area (Å²) in [6.45, 7) is -0.214. The first-order valence-electron chi connectivity index (χ1n) is 9.48. The molecule has 0 bridgehead atoms. The van der Waals surface area contributed by atoms with Crippen LogP contribution in [0.15, 0.2) is 61.2 Å². The van der Waals surface area contributed by atoms with E-state index in [1.54, 1.807) is 42.1 Å². The molecule has 1 atom stereocenters. The number of carbonyl (C=O) groups excluding carboxylic acids is 2. The van der Waals surface area contributed by atoms with Gasteiger partial charge in [0.25, 0.3) is 5.91 Å². The lowest BCUT2D eigenvalue weighted by atomic mass is 10.2. The van der Waals surface area contributed by atoms with E-state index in [2.05, 4.69) is 20.7 Å². The molecule has 8 nitrogen and oxygen atoms in total. The van der Waals surface area contributed by atoms with Crippen LogP contribution in [0.1, 0.15) is 6.42 Å². The maximum Gasteiger partial charge on any atom is 0.258 e. The molecule has 10 heteroatoms. The number of ether oxygens (including phenoxy) is 1. The van der Waals surface area contributed by atoms with Crippen LogP contribution in [-0.2, 0) is 9.59 Å². The molecular formula is C21H22FN5O3S. The van der Waals surface area contributed by atoms with Crippen molar-refractivity contribution in [2.45, 2.75) is 12.5 Å². The van der Waals surface area contributed by atoms with E-state index in [1.807, 2.05) is 12.3 Å². The van der Waals surface area contributed by atoms with Crippen LogP contribution in [0.3, 0.4) is 0 Å². The van der Waals surface area contributed by atoms with Crippen LogP contribution < -0.4 is 15.4 Å². The predicted molar refractivity (Wildman–Crippen MR) is 117 cm³/mol. The Bertz CT molecular complexity index is 1000. The van der Waals surface area contributed by atoms with Crippen LogP contribution in [-0.4, -0.2) is 51.2 Å². The van der Waals surface area contributed by atoms with Crippen molar-refractivity contribution in [1.82, 2.24) is 20.1 Å². The van der Waals surface area contributed by atoms with E-state index in [9.17, 15) is 14.0 Å². The number of carbonyl (C=O) groups is 2. The second-order valence-electron chi connectivity index (χ2n) is 6.50. The molecule has 1 heterocycles. The molecule has 0 saturated carbocycles. The third kappa shape index (κ3) is 6.54. The molecule has 2 amide bonds. The molecule has 0 aliphatic carbocycles. The van der Waals surface area contributed by atoms with Crippen molar-refractivity contribution in [3.8, 4) is 11.4 Å². The second kappa shape index (κ2) is 11.1. The summed E-state index contributed by atoms with van der Waals surface area (Å²) in [6.07, 6.45) is 5.01. The van der Waals surface area contributed by atoms with Crippen LogP contribution in [0.2, 0.25) is 0 Å². The molecule has 0 spiro atoms. The summed E-state index contributed by atoms with van der Waals surface area (Å²) >= 11 is 1.56. The maximum atomic E-state index is 14.4. The highest BCUT2D eigenvalue weighted by Crippen LogP contribution is 2.18. The molecule has 31 heavy (non-hydrogen) atoms. The summed E-state index contributed by atoms with van der Waals surface area (Å²) in [5.41, 5.74) is 0.482. The Kier molecular flexibility index (Phi) is 7.99. The van der Waals surface area contributed by atoms with Gasteiger partial charge >= 0.3 is 0 Å². The van der Waals surface area contributed by atoms with Crippen molar-refractivity contribution in [1.29, 1.82) is 0 Å². The van der Waals surface area contributed by atoms with Gasteiger partial charge in [-0.2, -0.15) is 16.9 Å². The molecule has 0 saturated heterocycles. The Hall–Kier alpha value is -3.40. The van der Waals surface area contributed by atoms with E-state index < -0.39 is 23.7 Å². The molecule has 0 aliphatic rings. The van der Waals surface area contributed by atoms with Crippen LogP contribution in [0.5, 0.6) is 5.75 Å². The first-order valence-corrected chi connectivity index (χ1v) is 10.9. The van der Waals surface area contributed by atoms with E-state index in [4.69, 9.17) is 4.74 Å². The second-order valence-corrected chi connectivity index (χ2v) is 7.48. The molecule has 2 aromatic carbocycles. The number of amides is 2. The highest BCUT2D eigenvalue weighted by molar-refractivity contribution is 7.98. The zero-order valence-corrected chi connectivity index (χ0v) is 17.6. The van der Waals surface area contributed by atoms with Gasteiger partial charge in [0.1, 0.15) is 30.1 Å². The van der Waals surface area contributed by atoms with Gasteiger partial charge in [-0.1, -0.05) is 18.2 Å². The lowest BCUT2D eigenvalue weighted by molar-refractivity contribution is -0.127.